The van der Waals surface area contributed by atoms with Gasteiger partial charge in [0, 0.05) is 16.1 Å². The molecule has 0 atom stereocenters. The van der Waals surface area contributed by atoms with Gasteiger partial charge in [-0.05, 0) is 35.7 Å². The van der Waals surface area contributed by atoms with Crippen molar-refractivity contribution in [2.24, 2.45) is 0 Å². The smallest absolute Gasteiger partial charge is 0.196 e. The van der Waals surface area contributed by atoms with Crippen LogP contribution in [0.5, 0.6) is 11.5 Å². The molecule has 0 bridgehead atoms. The molecule has 0 amide bonds. The predicted molar refractivity (Wildman–Crippen MR) is 87.8 cm³/mol. The maximum atomic E-state index is 12.6. The van der Waals surface area contributed by atoms with Gasteiger partial charge in [0.05, 0.1) is 5.56 Å². The SMILES string of the molecule is CC(C)(C)c1cc(C(=O)c2ccc(Cl)cc2)c(O)c(N)c1O. The maximum Gasteiger partial charge on any atom is 0.196 e. The van der Waals surface area contributed by atoms with E-state index in [4.69, 9.17) is 17.3 Å². The molecule has 0 aliphatic rings. The van der Waals surface area contributed by atoms with Crippen molar-refractivity contribution in [3.05, 3.63) is 52.0 Å². The molecule has 4 nitrogen and oxygen atoms in total. The summed E-state index contributed by atoms with van der Waals surface area (Å²) in [5.41, 5.74) is 6.06. The van der Waals surface area contributed by atoms with Crippen LogP contribution in [0.4, 0.5) is 5.69 Å². The molecule has 2 rings (SSSR count). The highest BCUT2D eigenvalue weighted by molar-refractivity contribution is 6.30. The first-order valence-corrected chi connectivity index (χ1v) is 7.16. The van der Waals surface area contributed by atoms with Crippen molar-refractivity contribution in [3.8, 4) is 11.5 Å². The summed E-state index contributed by atoms with van der Waals surface area (Å²) in [6, 6.07) is 7.83. The lowest BCUT2D eigenvalue weighted by molar-refractivity contribution is 0.103. The van der Waals surface area contributed by atoms with Crippen molar-refractivity contribution in [2.45, 2.75) is 26.2 Å². The third-order valence-electron chi connectivity index (χ3n) is 3.47. The van der Waals surface area contributed by atoms with E-state index < -0.39 is 11.2 Å². The fourth-order valence-electron chi connectivity index (χ4n) is 2.18. The van der Waals surface area contributed by atoms with Crippen molar-refractivity contribution in [3.63, 3.8) is 0 Å². The fourth-order valence-corrected chi connectivity index (χ4v) is 2.31. The molecule has 0 radical (unpaired) electrons. The molecule has 2 aromatic rings. The van der Waals surface area contributed by atoms with E-state index in [1.165, 1.54) is 6.07 Å². The molecule has 0 aliphatic heterocycles. The largest absolute Gasteiger partial charge is 0.505 e. The number of nitrogen functional groups attached to an aromatic ring is 1. The zero-order chi connectivity index (χ0) is 16.7. The molecule has 22 heavy (non-hydrogen) atoms. The lowest BCUT2D eigenvalue weighted by Crippen LogP contribution is -2.14. The second-order valence-corrected chi connectivity index (χ2v) is 6.61. The lowest BCUT2D eigenvalue weighted by Gasteiger charge is -2.23. The average Bonchev–Trinajstić information content (AvgIpc) is 2.44. The number of halogens is 1. The second kappa shape index (κ2) is 5.54. The van der Waals surface area contributed by atoms with Gasteiger partial charge in [0.25, 0.3) is 0 Å². The van der Waals surface area contributed by atoms with Crippen LogP contribution >= 0.6 is 11.6 Å². The molecule has 5 heteroatoms. The van der Waals surface area contributed by atoms with Gasteiger partial charge in [-0.25, -0.2) is 0 Å². The summed E-state index contributed by atoms with van der Waals surface area (Å²) in [4.78, 5) is 12.6. The number of hydrogen-bond acceptors (Lipinski definition) is 4. The summed E-state index contributed by atoms with van der Waals surface area (Å²) in [5, 5.41) is 20.8. The van der Waals surface area contributed by atoms with Crippen LogP contribution in [0.3, 0.4) is 0 Å². The van der Waals surface area contributed by atoms with Gasteiger partial charge in [-0.1, -0.05) is 32.4 Å². The van der Waals surface area contributed by atoms with Crippen LogP contribution in [-0.4, -0.2) is 16.0 Å². The van der Waals surface area contributed by atoms with Crippen molar-refractivity contribution in [1.82, 2.24) is 0 Å². The minimum absolute atomic E-state index is 0.0579. The van der Waals surface area contributed by atoms with Gasteiger partial charge in [0.2, 0.25) is 0 Å². The Labute approximate surface area is 134 Å². The van der Waals surface area contributed by atoms with E-state index in [2.05, 4.69) is 0 Å². The first kappa shape index (κ1) is 16.2. The van der Waals surface area contributed by atoms with Crippen molar-refractivity contribution < 1.29 is 15.0 Å². The van der Waals surface area contributed by atoms with Gasteiger partial charge in [-0.15, -0.1) is 0 Å². The highest BCUT2D eigenvalue weighted by atomic mass is 35.5. The standard InChI is InChI=1S/C17H18ClNO3/c1-17(2,3)12-8-11(15(21)13(19)16(12)22)14(20)9-4-6-10(18)7-5-9/h4-8,21-22H,19H2,1-3H3. The van der Waals surface area contributed by atoms with E-state index in [9.17, 15) is 15.0 Å². The summed E-state index contributed by atoms with van der Waals surface area (Å²) < 4.78 is 0. The van der Waals surface area contributed by atoms with Gasteiger partial charge < -0.3 is 15.9 Å². The number of anilines is 1. The molecule has 0 fully saturated rings. The predicted octanol–water partition coefficient (Wildman–Crippen LogP) is 3.86. The Morgan fingerprint density at radius 3 is 2.14 bits per heavy atom. The van der Waals surface area contributed by atoms with E-state index in [-0.39, 0.29) is 22.8 Å². The first-order valence-electron chi connectivity index (χ1n) is 6.78. The zero-order valence-corrected chi connectivity index (χ0v) is 13.4. The summed E-state index contributed by atoms with van der Waals surface area (Å²) >= 11 is 5.81. The monoisotopic (exact) mass is 319 g/mol. The summed E-state index contributed by atoms with van der Waals surface area (Å²) in [6.07, 6.45) is 0. The molecule has 0 aromatic heterocycles. The molecule has 0 saturated carbocycles. The van der Waals surface area contributed by atoms with Crippen LogP contribution in [0, 0.1) is 0 Å². The van der Waals surface area contributed by atoms with Gasteiger partial charge in [-0.3, -0.25) is 4.79 Å². The number of carbonyl (C=O) groups excluding carboxylic acids is 1. The van der Waals surface area contributed by atoms with Crippen molar-refractivity contribution in [1.29, 1.82) is 0 Å². The number of carbonyl (C=O) groups is 1. The van der Waals surface area contributed by atoms with Crippen LogP contribution in [0.2, 0.25) is 5.02 Å². The Kier molecular flexibility index (Phi) is 4.07. The van der Waals surface area contributed by atoms with Crippen molar-refractivity contribution >= 4 is 23.1 Å². The zero-order valence-electron chi connectivity index (χ0n) is 12.6. The Morgan fingerprint density at radius 2 is 1.64 bits per heavy atom. The van der Waals surface area contributed by atoms with E-state index in [1.807, 2.05) is 20.8 Å². The van der Waals surface area contributed by atoms with Crippen LogP contribution in [0.1, 0.15) is 42.3 Å². The van der Waals surface area contributed by atoms with Gasteiger partial charge in [0.15, 0.2) is 11.5 Å². The molecule has 4 N–H and O–H groups in total. The number of benzene rings is 2. The normalized spacial score (nSPS) is 11.5. The first-order chi connectivity index (χ1) is 10.1. The number of phenolic OH excluding ortho intramolecular Hbond substituents is 2. The lowest BCUT2D eigenvalue weighted by atomic mass is 9.83. The molecule has 0 spiro atoms. The average molecular weight is 320 g/mol. The summed E-state index contributed by atoms with van der Waals surface area (Å²) in [6.45, 7) is 5.65. The number of aromatic hydroxyl groups is 2. The van der Waals surface area contributed by atoms with E-state index >= 15 is 0 Å². The molecular formula is C17H18ClNO3. The Morgan fingerprint density at radius 1 is 1.09 bits per heavy atom. The quantitative estimate of drug-likeness (QED) is 0.446. The fraction of sp³-hybridized carbons (Fsp3) is 0.235. The van der Waals surface area contributed by atoms with Crippen LogP contribution in [0.25, 0.3) is 0 Å². The molecule has 2 aromatic carbocycles. The maximum absolute atomic E-state index is 12.6. The molecule has 116 valence electrons. The minimum Gasteiger partial charge on any atom is -0.505 e. The summed E-state index contributed by atoms with van der Waals surface area (Å²) in [5.74, 6) is -0.991. The topological polar surface area (TPSA) is 83.5 Å². The Bertz CT molecular complexity index is 731. The van der Waals surface area contributed by atoms with Crippen LogP contribution < -0.4 is 5.73 Å². The number of ketones is 1. The highest BCUT2D eigenvalue weighted by Gasteiger charge is 2.26. The number of phenols is 2. The van der Waals surface area contributed by atoms with Gasteiger partial charge >= 0.3 is 0 Å². The molecular weight excluding hydrogens is 302 g/mol. The third-order valence-corrected chi connectivity index (χ3v) is 3.72. The van der Waals surface area contributed by atoms with Gasteiger partial charge in [-0.2, -0.15) is 0 Å². The molecule has 0 heterocycles. The van der Waals surface area contributed by atoms with Crippen LogP contribution in [0.15, 0.2) is 30.3 Å². The molecule has 0 aliphatic carbocycles. The number of hydrogen-bond donors (Lipinski definition) is 3. The van der Waals surface area contributed by atoms with Crippen molar-refractivity contribution in [2.75, 3.05) is 5.73 Å². The van der Waals surface area contributed by atoms with Gasteiger partial charge in [0.1, 0.15) is 11.4 Å². The number of rotatable bonds is 2. The van der Waals surface area contributed by atoms with Crippen LogP contribution in [-0.2, 0) is 5.41 Å². The Balaban J connectivity index is 2.62. The second-order valence-electron chi connectivity index (χ2n) is 6.17. The number of nitrogens with two attached hydrogens (primary N) is 1. The summed E-state index contributed by atoms with van der Waals surface area (Å²) in [7, 11) is 0. The van der Waals surface area contributed by atoms with E-state index in [1.54, 1.807) is 24.3 Å². The Hall–Kier alpha value is -2.20. The van der Waals surface area contributed by atoms with E-state index in [0.29, 0.717) is 16.1 Å². The molecule has 0 unspecified atom stereocenters. The van der Waals surface area contributed by atoms with E-state index in [0.717, 1.165) is 0 Å². The highest BCUT2D eigenvalue weighted by Crippen LogP contribution is 2.42. The minimum atomic E-state index is -0.430. The third kappa shape index (κ3) is 2.88. The molecule has 0 saturated heterocycles.